The van der Waals surface area contributed by atoms with E-state index in [9.17, 15) is 18.0 Å². The van der Waals surface area contributed by atoms with Gasteiger partial charge < -0.3 is 9.64 Å². The Hall–Kier alpha value is -3.28. The standard InChI is InChI=1S/C21H16F3NO2/c22-21(23,24)20(26)27-15-16-11-13-19(14-12-16)25(17-7-3-1-4-8-17)18-9-5-2-6-10-18/h1-14H,15H2. The van der Waals surface area contributed by atoms with Crippen LogP contribution >= 0.6 is 0 Å². The number of carbonyl (C=O) groups excluding carboxylic acids is 1. The van der Waals surface area contributed by atoms with Crippen molar-refractivity contribution in [3.63, 3.8) is 0 Å². The maximum absolute atomic E-state index is 12.2. The molecule has 3 aromatic rings. The lowest BCUT2D eigenvalue weighted by Crippen LogP contribution is -2.25. The van der Waals surface area contributed by atoms with Crippen molar-refractivity contribution in [1.82, 2.24) is 0 Å². The highest BCUT2D eigenvalue weighted by Gasteiger charge is 2.40. The van der Waals surface area contributed by atoms with E-state index in [4.69, 9.17) is 0 Å². The van der Waals surface area contributed by atoms with E-state index in [0.717, 1.165) is 17.1 Å². The third-order valence-corrected chi connectivity index (χ3v) is 3.82. The molecular formula is C21H16F3NO2. The molecule has 0 saturated carbocycles. The molecule has 0 bridgehead atoms. The first-order chi connectivity index (χ1) is 12.9. The average Bonchev–Trinajstić information content (AvgIpc) is 2.68. The zero-order chi connectivity index (χ0) is 19.3. The van der Waals surface area contributed by atoms with Crippen molar-refractivity contribution in [3.05, 3.63) is 90.5 Å². The van der Waals surface area contributed by atoms with E-state index >= 15 is 0 Å². The number of ether oxygens (including phenoxy) is 1. The highest BCUT2D eigenvalue weighted by atomic mass is 19.4. The van der Waals surface area contributed by atoms with Crippen molar-refractivity contribution in [2.75, 3.05) is 4.90 Å². The van der Waals surface area contributed by atoms with Crippen LogP contribution in [0.2, 0.25) is 0 Å². The Morgan fingerprint density at radius 3 is 1.63 bits per heavy atom. The number of para-hydroxylation sites is 2. The second kappa shape index (κ2) is 7.95. The molecule has 0 aromatic heterocycles. The minimum absolute atomic E-state index is 0.435. The third kappa shape index (κ3) is 4.67. The summed E-state index contributed by atoms with van der Waals surface area (Å²) in [5.74, 6) is -2.19. The fourth-order valence-corrected chi connectivity index (χ4v) is 2.57. The number of hydrogen-bond donors (Lipinski definition) is 0. The van der Waals surface area contributed by atoms with Gasteiger partial charge in [0.15, 0.2) is 0 Å². The zero-order valence-corrected chi connectivity index (χ0v) is 14.2. The summed E-state index contributed by atoms with van der Waals surface area (Å²) in [5.41, 5.74) is 3.19. The summed E-state index contributed by atoms with van der Waals surface area (Å²) in [7, 11) is 0. The Balaban J connectivity index is 1.83. The van der Waals surface area contributed by atoms with Crippen molar-refractivity contribution in [2.45, 2.75) is 12.8 Å². The second-order valence-corrected chi connectivity index (χ2v) is 5.75. The topological polar surface area (TPSA) is 29.5 Å². The van der Waals surface area contributed by atoms with Crippen LogP contribution in [-0.4, -0.2) is 12.1 Å². The largest absolute Gasteiger partial charge is 0.490 e. The van der Waals surface area contributed by atoms with Gasteiger partial charge in [-0.2, -0.15) is 13.2 Å². The minimum Gasteiger partial charge on any atom is -0.454 e. The Labute approximate surface area is 154 Å². The fraction of sp³-hybridized carbons (Fsp3) is 0.0952. The molecule has 0 spiro atoms. The van der Waals surface area contributed by atoms with Crippen molar-refractivity contribution in [2.24, 2.45) is 0 Å². The van der Waals surface area contributed by atoms with Crippen LogP contribution in [0.3, 0.4) is 0 Å². The fourth-order valence-electron chi connectivity index (χ4n) is 2.57. The minimum atomic E-state index is -4.99. The lowest BCUT2D eigenvalue weighted by molar-refractivity contribution is -0.201. The molecule has 138 valence electrons. The number of rotatable bonds is 5. The number of anilines is 3. The van der Waals surface area contributed by atoms with Crippen LogP contribution in [0.15, 0.2) is 84.9 Å². The van der Waals surface area contributed by atoms with Gasteiger partial charge in [0.2, 0.25) is 0 Å². The van der Waals surface area contributed by atoms with Crippen LogP contribution in [0.1, 0.15) is 5.56 Å². The predicted molar refractivity (Wildman–Crippen MR) is 97.0 cm³/mol. The number of nitrogens with zero attached hydrogens (tertiary/aromatic N) is 1. The second-order valence-electron chi connectivity index (χ2n) is 5.75. The molecule has 0 saturated heterocycles. The normalized spacial score (nSPS) is 11.1. The maximum Gasteiger partial charge on any atom is 0.490 e. The van der Waals surface area contributed by atoms with E-state index in [-0.39, 0.29) is 0 Å². The summed E-state index contributed by atoms with van der Waals surface area (Å²) in [4.78, 5) is 12.8. The summed E-state index contributed by atoms with van der Waals surface area (Å²) in [6.45, 7) is -0.435. The summed E-state index contributed by atoms with van der Waals surface area (Å²) in [6.07, 6.45) is -4.99. The van der Waals surface area contributed by atoms with Gasteiger partial charge in [0, 0.05) is 17.1 Å². The molecule has 0 fully saturated rings. The number of esters is 1. The molecule has 0 N–H and O–H groups in total. The third-order valence-electron chi connectivity index (χ3n) is 3.82. The molecule has 0 atom stereocenters. The van der Waals surface area contributed by atoms with Gasteiger partial charge in [-0.3, -0.25) is 0 Å². The van der Waals surface area contributed by atoms with Crippen LogP contribution in [-0.2, 0) is 16.1 Å². The summed E-state index contributed by atoms with van der Waals surface area (Å²) in [5, 5.41) is 0. The van der Waals surface area contributed by atoms with E-state index in [2.05, 4.69) is 4.74 Å². The molecule has 0 radical (unpaired) electrons. The highest BCUT2D eigenvalue weighted by Crippen LogP contribution is 2.34. The zero-order valence-electron chi connectivity index (χ0n) is 14.2. The lowest BCUT2D eigenvalue weighted by Gasteiger charge is -2.25. The van der Waals surface area contributed by atoms with Crippen molar-refractivity contribution in [3.8, 4) is 0 Å². The molecule has 0 aliphatic rings. The molecule has 3 rings (SSSR count). The molecule has 6 heteroatoms. The number of benzene rings is 3. The monoisotopic (exact) mass is 371 g/mol. The molecule has 0 aliphatic heterocycles. The Kier molecular flexibility index (Phi) is 5.45. The SMILES string of the molecule is O=C(OCc1ccc(N(c2ccccc2)c2ccccc2)cc1)C(F)(F)F. The van der Waals surface area contributed by atoms with Crippen LogP contribution in [0.5, 0.6) is 0 Å². The highest BCUT2D eigenvalue weighted by molar-refractivity contribution is 5.77. The van der Waals surface area contributed by atoms with Gasteiger partial charge in [-0.15, -0.1) is 0 Å². The smallest absolute Gasteiger partial charge is 0.454 e. The van der Waals surface area contributed by atoms with Crippen molar-refractivity contribution in [1.29, 1.82) is 0 Å². The first-order valence-electron chi connectivity index (χ1n) is 8.18. The Morgan fingerprint density at radius 1 is 0.741 bits per heavy atom. The molecule has 3 aromatic carbocycles. The predicted octanol–water partition coefficient (Wildman–Crippen LogP) is 5.76. The van der Waals surface area contributed by atoms with Gasteiger partial charge in [0.25, 0.3) is 0 Å². The number of halogens is 3. The van der Waals surface area contributed by atoms with E-state index in [1.807, 2.05) is 65.6 Å². The van der Waals surface area contributed by atoms with E-state index < -0.39 is 18.8 Å². The van der Waals surface area contributed by atoms with Crippen LogP contribution in [0.4, 0.5) is 30.2 Å². The van der Waals surface area contributed by atoms with Crippen LogP contribution in [0.25, 0.3) is 0 Å². The van der Waals surface area contributed by atoms with E-state index in [1.54, 1.807) is 24.3 Å². The maximum atomic E-state index is 12.2. The van der Waals surface area contributed by atoms with E-state index in [0.29, 0.717) is 5.56 Å². The summed E-state index contributed by atoms with van der Waals surface area (Å²) >= 11 is 0. The average molecular weight is 371 g/mol. The van der Waals surface area contributed by atoms with Gasteiger partial charge in [0.05, 0.1) is 0 Å². The molecular weight excluding hydrogens is 355 g/mol. The Morgan fingerprint density at radius 2 is 1.19 bits per heavy atom. The lowest BCUT2D eigenvalue weighted by atomic mass is 10.1. The molecule has 0 unspecified atom stereocenters. The Bertz CT molecular complexity index is 839. The number of hydrogen-bond acceptors (Lipinski definition) is 3. The molecule has 0 heterocycles. The summed E-state index contributed by atoms with van der Waals surface area (Å²) in [6, 6.07) is 26.2. The quantitative estimate of drug-likeness (QED) is 0.534. The van der Waals surface area contributed by atoms with Gasteiger partial charge in [-0.25, -0.2) is 4.79 Å². The molecule has 0 amide bonds. The number of carbonyl (C=O) groups is 1. The van der Waals surface area contributed by atoms with E-state index in [1.165, 1.54) is 0 Å². The van der Waals surface area contributed by atoms with Gasteiger partial charge in [0.1, 0.15) is 6.61 Å². The first kappa shape index (κ1) is 18.5. The van der Waals surface area contributed by atoms with Gasteiger partial charge in [-0.1, -0.05) is 48.5 Å². The van der Waals surface area contributed by atoms with Crippen molar-refractivity contribution < 1.29 is 22.7 Å². The molecule has 0 aliphatic carbocycles. The van der Waals surface area contributed by atoms with Crippen LogP contribution in [0, 0.1) is 0 Å². The molecule has 3 nitrogen and oxygen atoms in total. The van der Waals surface area contributed by atoms with Gasteiger partial charge in [-0.05, 0) is 42.0 Å². The molecule has 27 heavy (non-hydrogen) atoms. The first-order valence-corrected chi connectivity index (χ1v) is 8.18. The number of alkyl halides is 3. The van der Waals surface area contributed by atoms with Crippen LogP contribution < -0.4 is 4.90 Å². The van der Waals surface area contributed by atoms with Gasteiger partial charge >= 0.3 is 12.1 Å². The van der Waals surface area contributed by atoms with Crippen molar-refractivity contribution >= 4 is 23.0 Å². The summed E-state index contributed by atoms with van der Waals surface area (Å²) < 4.78 is 40.9.